The minimum Gasteiger partial charge on any atom is -0.480 e. The second-order valence-electron chi connectivity index (χ2n) is 6.52. The molecule has 0 bridgehead atoms. The zero-order valence-electron chi connectivity index (χ0n) is 15.0. The van der Waals surface area contributed by atoms with Gasteiger partial charge in [-0.2, -0.15) is 16.1 Å². The number of rotatable bonds is 10. The molecule has 1 saturated heterocycles. The first-order chi connectivity index (χ1) is 11.6. The van der Waals surface area contributed by atoms with Gasteiger partial charge in [0.05, 0.1) is 24.7 Å². The number of hydrogen-bond donors (Lipinski definition) is 1. The lowest BCUT2D eigenvalue weighted by Gasteiger charge is -2.34. The summed E-state index contributed by atoms with van der Waals surface area (Å²) in [5.74, 6) is 0.704. The first-order valence-corrected chi connectivity index (χ1v) is 11.2. The maximum absolute atomic E-state index is 12.3. The highest BCUT2D eigenvalue weighted by atomic mass is 32.2. The summed E-state index contributed by atoms with van der Waals surface area (Å²) in [4.78, 5) is 24.8. The molecule has 1 amide bonds. The summed E-state index contributed by atoms with van der Waals surface area (Å²) < 4.78 is 29.8. The van der Waals surface area contributed by atoms with E-state index in [1.54, 1.807) is 16.7 Å². The van der Waals surface area contributed by atoms with Crippen LogP contribution in [0.1, 0.15) is 20.3 Å². The van der Waals surface area contributed by atoms with Crippen LogP contribution in [-0.2, 0) is 24.3 Å². The lowest BCUT2D eigenvalue weighted by Crippen LogP contribution is -2.51. The molecule has 0 aliphatic carbocycles. The van der Waals surface area contributed by atoms with Crippen molar-refractivity contribution in [1.82, 2.24) is 9.21 Å². The standard InChI is InChI=1S/C15H28N2O6S2/c1-12(2)4-7-24-11-14(18)16-5-6-23-13(8-16)9-17(10-15(19)20)25(3,21)22/h12-13H,4-11H2,1-3H3,(H,19,20). The summed E-state index contributed by atoms with van der Waals surface area (Å²) >= 11 is 1.60. The first-order valence-electron chi connectivity index (χ1n) is 8.23. The molecule has 0 aromatic heterocycles. The number of carbonyl (C=O) groups excluding carboxylic acids is 1. The van der Waals surface area contributed by atoms with E-state index in [9.17, 15) is 18.0 Å². The number of morpholine rings is 1. The molecule has 0 aromatic rings. The molecule has 0 spiro atoms. The van der Waals surface area contributed by atoms with Crippen molar-refractivity contribution in [3.63, 3.8) is 0 Å². The molecule has 1 atom stereocenters. The Bertz CT molecular complexity index is 552. The Labute approximate surface area is 153 Å². The van der Waals surface area contributed by atoms with Gasteiger partial charge >= 0.3 is 5.97 Å². The third-order valence-electron chi connectivity index (χ3n) is 3.74. The average molecular weight is 397 g/mol. The van der Waals surface area contributed by atoms with Crippen molar-refractivity contribution in [2.75, 3.05) is 50.5 Å². The van der Waals surface area contributed by atoms with Gasteiger partial charge in [-0.25, -0.2) is 8.42 Å². The fraction of sp³-hybridized carbons (Fsp3) is 0.867. The Morgan fingerprint density at radius 2 is 2.08 bits per heavy atom. The molecule has 146 valence electrons. The minimum atomic E-state index is -3.66. The summed E-state index contributed by atoms with van der Waals surface area (Å²) in [5.41, 5.74) is 0. The monoisotopic (exact) mass is 396 g/mol. The van der Waals surface area contributed by atoms with Gasteiger partial charge in [-0.05, 0) is 18.1 Å². The Morgan fingerprint density at radius 1 is 1.40 bits per heavy atom. The lowest BCUT2D eigenvalue weighted by atomic mass is 10.2. The van der Waals surface area contributed by atoms with Crippen LogP contribution in [0, 0.1) is 5.92 Å². The molecule has 8 nitrogen and oxygen atoms in total. The number of nitrogens with zero attached hydrogens (tertiary/aromatic N) is 2. The summed E-state index contributed by atoms with van der Waals surface area (Å²) in [6.07, 6.45) is 1.50. The third kappa shape index (κ3) is 8.89. The second-order valence-corrected chi connectivity index (χ2v) is 9.60. The van der Waals surface area contributed by atoms with E-state index in [2.05, 4.69) is 13.8 Å². The Balaban J connectivity index is 2.52. The predicted molar refractivity (Wildman–Crippen MR) is 97.2 cm³/mol. The number of aliphatic carboxylic acids is 1. The van der Waals surface area contributed by atoms with Crippen molar-refractivity contribution in [2.24, 2.45) is 5.92 Å². The molecule has 1 rings (SSSR count). The fourth-order valence-corrected chi connectivity index (χ4v) is 4.24. The average Bonchev–Trinajstić information content (AvgIpc) is 2.49. The van der Waals surface area contributed by atoms with Gasteiger partial charge in [0.1, 0.15) is 6.54 Å². The molecule has 0 saturated carbocycles. The van der Waals surface area contributed by atoms with Crippen molar-refractivity contribution in [2.45, 2.75) is 26.4 Å². The van der Waals surface area contributed by atoms with Crippen LogP contribution < -0.4 is 0 Å². The summed E-state index contributed by atoms with van der Waals surface area (Å²) in [5, 5.41) is 8.86. The number of carboxylic acids is 1. The number of amides is 1. The van der Waals surface area contributed by atoms with Crippen molar-refractivity contribution in [1.29, 1.82) is 0 Å². The summed E-state index contributed by atoms with van der Waals surface area (Å²) in [7, 11) is -3.66. The van der Waals surface area contributed by atoms with Gasteiger partial charge in [0, 0.05) is 19.6 Å². The predicted octanol–water partition coefficient (Wildman–Crippen LogP) is 0.339. The molecule has 1 aliphatic heterocycles. The molecule has 0 radical (unpaired) electrons. The van der Waals surface area contributed by atoms with Gasteiger partial charge in [-0.1, -0.05) is 13.8 Å². The van der Waals surface area contributed by atoms with E-state index in [1.165, 1.54) is 0 Å². The molecule has 1 fully saturated rings. The maximum atomic E-state index is 12.3. The van der Waals surface area contributed by atoms with Gasteiger partial charge in [-0.15, -0.1) is 0 Å². The number of hydrogen-bond acceptors (Lipinski definition) is 6. The molecule has 1 aliphatic rings. The van der Waals surface area contributed by atoms with E-state index in [0.717, 1.165) is 22.7 Å². The maximum Gasteiger partial charge on any atom is 0.318 e. The van der Waals surface area contributed by atoms with Gasteiger partial charge < -0.3 is 14.7 Å². The molecular formula is C15H28N2O6S2. The highest BCUT2D eigenvalue weighted by Crippen LogP contribution is 2.13. The fourth-order valence-electron chi connectivity index (χ4n) is 2.32. The number of sulfonamides is 1. The molecule has 1 unspecified atom stereocenters. The van der Waals surface area contributed by atoms with E-state index < -0.39 is 28.6 Å². The Hall–Kier alpha value is -0.840. The molecule has 1 heterocycles. The van der Waals surface area contributed by atoms with E-state index >= 15 is 0 Å². The Kier molecular flexibility index (Phi) is 9.19. The quantitative estimate of drug-likeness (QED) is 0.531. The smallest absolute Gasteiger partial charge is 0.318 e. The molecule has 1 N–H and O–H groups in total. The normalized spacial score (nSPS) is 18.8. The van der Waals surface area contributed by atoms with E-state index in [1.807, 2.05) is 0 Å². The number of ether oxygens (including phenoxy) is 1. The van der Waals surface area contributed by atoms with Crippen LogP contribution >= 0.6 is 11.8 Å². The molecule has 25 heavy (non-hydrogen) atoms. The SMILES string of the molecule is CC(C)CCSCC(=O)N1CCOC(CN(CC(=O)O)S(C)(=O)=O)C1. The largest absolute Gasteiger partial charge is 0.480 e. The second kappa shape index (κ2) is 10.3. The van der Waals surface area contributed by atoms with Crippen LogP contribution in [0.4, 0.5) is 0 Å². The molecule has 0 aromatic carbocycles. The van der Waals surface area contributed by atoms with Crippen molar-refractivity contribution >= 4 is 33.7 Å². The van der Waals surface area contributed by atoms with Crippen LogP contribution in [0.2, 0.25) is 0 Å². The van der Waals surface area contributed by atoms with Crippen molar-refractivity contribution in [3.05, 3.63) is 0 Å². The van der Waals surface area contributed by atoms with Crippen LogP contribution in [0.3, 0.4) is 0 Å². The van der Waals surface area contributed by atoms with Crippen molar-refractivity contribution in [3.8, 4) is 0 Å². The van der Waals surface area contributed by atoms with Gasteiger partial charge in [-0.3, -0.25) is 9.59 Å². The lowest BCUT2D eigenvalue weighted by molar-refractivity contribution is -0.139. The van der Waals surface area contributed by atoms with Crippen LogP contribution in [0.25, 0.3) is 0 Å². The van der Waals surface area contributed by atoms with Gasteiger partial charge in [0.15, 0.2) is 0 Å². The van der Waals surface area contributed by atoms with E-state index in [4.69, 9.17) is 9.84 Å². The highest BCUT2D eigenvalue weighted by Gasteiger charge is 2.29. The summed E-state index contributed by atoms with van der Waals surface area (Å²) in [6.45, 7) is 4.65. The zero-order valence-corrected chi connectivity index (χ0v) is 16.6. The van der Waals surface area contributed by atoms with Crippen LogP contribution in [0.5, 0.6) is 0 Å². The van der Waals surface area contributed by atoms with E-state index in [0.29, 0.717) is 24.8 Å². The zero-order chi connectivity index (χ0) is 19.0. The van der Waals surface area contributed by atoms with Crippen molar-refractivity contribution < 1.29 is 27.9 Å². The number of carboxylic acid groups (broad SMARTS) is 1. The first kappa shape index (κ1) is 22.2. The van der Waals surface area contributed by atoms with E-state index in [-0.39, 0.29) is 19.0 Å². The number of carbonyl (C=O) groups is 2. The minimum absolute atomic E-state index is 0.00574. The molecular weight excluding hydrogens is 368 g/mol. The van der Waals surface area contributed by atoms with Gasteiger partial charge in [0.25, 0.3) is 0 Å². The van der Waals surface area contributed by atoms with Crippen LogP contribution in [0.15, 0.2) is 0 Å². The third-order valence-corrected chi connectivity index (χ3v) is 5.94. The summed E-state index contributed by atoms with van der Waals surface area (Å²) in [6, 6.07) is 0. The van der Waals surface area contributed by atoms with Crippen LogP contribution in [-0.4, -0.2) is 91.3 Å². The van der Waals surface area contributed by atoms with Gasteiger partial charge in [0.2, 0.25) is 15.9 Å². The number of thioether (sulfide) groups is 1. The Morgan fingerprint density at radius 3 is 2.64 bits per heavy atom. The highest BCUT2D eigenvalue weighted by molar-refractivity contribution is 7.99. The topological polar surface area (TPSA) is 104 Å². The molecule has 10 heteroatoms.